The fraction of sp³-hybridized carbons (Fsp3) is 0.833. The second-order valence-corrected chi connectivity index (χ2v) is 24.9. The summed E-state index contributed by atoms with van der Waals surface area (Å²) in [4.78, 5) is 52.9. The van der Waals surface area contributed by atoms with Gasteiger partial charge in [0.15, 0.2) is 37.7 Å². The molecule has 41 heteroatoms. The van der Waals surface area contributed by atoms with Crippen molar-refractivity contribution in [1.82, 2.24) is 21.3 Å². The van der Waals surface area contributed by atoms with Crippen LogP contribution in [0.25, 0.3) is 0 Å². The third-order valence-corrected chi connectivity index (χ3v) is 17.6. The molecule has 0 radical (unpaired) electrons. The Bertz CT molecular complexity index is 2610. The Balaban J connectivity index is 0.953. The highest BCUT2D eigenvalue weighted by Gasteiger charge is 2.55. The fourth-order valence-electron chi connectivity index (χ4n) is 11.6. The smallest absolute Gasteiger partial charge is 0.407 e. The monoisotopic (exact) mass is 1470 g/mol. The standard InChI is InChI=1S/C60H98N4O37/c65-18-27-35(71)41(77)45(81)54(94-27)91-23-31-39(75)51(100-58-47(83)43(79)37(73)29(20-67)96-58)49(85)56(98-31)89-16-14-61-33(69)12-7-10-26(64-34(70)11-5-2-6-13-63-60(88)93-22-25-8-3-1-4-9-25)53(87)62-15-17-90-57-50(86)52(101-59-48(84)44(80)38(74)30(21-68)97-59)40(76)32(99-57)24-92-55-46(82)42(78)36(72)28(19-66)95-55/h1,3-4,8-9,26-32,35-52,54-59,65-68,71-86H,2,5-7,10-24H2,(H,61,69)(H,62,87)(H,63,88)(H,64,70)/t26-,27+,28+,29+,30+,31+,32+,35+,36+,37+,38+,39+,40+,41-,42-,43-,44-,45-,46-,47-,48-,49-,50-,51-,52-,54-,55-,56-,57-,58-,59-/m0/s1. The molecule has 1 aromatic carbocycles. The van der Waals surface area contributed by atoms with Gasteiger partial charge in [-0.25, -0.2) is 4.79 Å². The number of carbonyl (C=O) groups is 4. The van der Waals surface area contributed by atoms with Gasteiger partial charge < -0.3 is 185 Å². The molecule has 0 aliphatic carbocycles. The number of benzene rings is 1. The molecule has 4 amide bonds. The Kier molecular flexibility index (Phi) is 34.0. The molecule has 0 bridgehead atoms. The topological polar surface area (TPSA) is 641 Å². The number of rotatable bonds is 36. The van der Waals surface area contributed by atoms with E-state index in [2.05, 4.69) is 21.3 Å². The minimum atomic E-state index is -2.03. The molecule has 0 saturated carbocycles. The first-order chi connectivity index (χ1) is 48.2. The summed E-state index contributed by atoms with van der Waals surface area (Å²) in [6.07, 6.45) is -54.3. The third kappa shape index (κ3) is 22.8. The van der Waals surface area contributed by atoms with Crippen LogP contribution in [0.1, 0.15) is 50.5 Å². The minimum absolute atomic E-state index is 0.0531. The minimum Gasteiger partial charge on any atom is -0.445 e. The van der Waals surface area contributed by atoms with Crippen molar-refractivity contribution >= 4 is 23.8 Å². The molecule has 6 aliphatic rings. The number of hydrogen-bond acceptors (Lipinski definition) is 37. The lowest BCUT2D eigenvalue weighted by molar-refractivity contribution is -0.366. The quantitative estimate of drug-likeness (QED) is 0.0277. The van der Waals surface area contributed by atoms with E-state index in [-0.39, 0.29) is 45.4 Å². The van der Waals surface area contributed by atoms with Gasteiger partial charge in [-0.3, -0.25) is 14.4 Å². The van der Waals surface area contributed by atoms with E-state index >= 15 is 0 Å². The van der Waals surface area contributed by atoms with Gasteiger partial charge in [-0.05, 0) is 31.2 Å². The largest absolute Gasteiger partial charge is 0.445 e. The molecule has 0 spiro atoms. The summed E-state index contributed by atoms with van der Waals surface area (Å²) in [5, 5.41) is 220. The number of nitrogens with one attached hydrogen (secondary N) is 4. The third-order valence-electron chi connectivity index (χ3n) is 17.6. The second kappa shape index (κ2) is 40.9. The van der Waals surface area contributed by atoms with Crippen LogP contribution >= 0.6 is 0 Å². The number of hydrogen-bond donors (Lipinski definition) is 24. The van der Waals surface area contributed by atoms with Crippen molar-refractivity contribution in [3.8, 4) is 0 Å². The number of unbranched alkanes of at least 4 members (excludes halogenated alkanes) is 2. The predicted molar refractivity (Wildman–Crippen MR) is 325 cm³/mol. The first-order valence-electron chi connectivity index (χ1n) is 33.0. The number of carbonyl (C=O) groups excluding carboxylic acids is 4. The summed E-state index contributed by atoms with van der Waals surface area (Å²) < 4.78 is 72.5. The average Bonchev–Trinajstić information content (AvgIpc) is 0.789. The molecule has 0 unspecified atom stereocenters. The number of ether oxygens (including phenoxy) is 13. The fourth-order valence-corrected chi connectivity index (χ4v) is 11.6. The molecule has 41 nitrogen and oxygen atoms in total. The maximum atomic E-state index is 13.9. The number of alkyl carbamates (subject to hydrolysis) is 1. The van der Waals surface area contributed by atoms with Crippen LogP contribution in [0.4, 0.5) is 4.79 Å². The van der Waals surface area contributed by atoms with Crippen molar-refractivity contribution in [2.75, 3.05) is 72.5 Å². The van der Waals surface area contributed by atoms with E-state index in [0.29, 0.717) is 19.3 Å². The maximum absolute atomic E-state index is 13.9. The zero-order valence-electron chi connectivity index (χ0n) is 54.6. The van der Waals surface area contributed by atoms with Gasteiger partial charge in [0, 0.05) is 32.5 Å². The second-order valence-electron chi connectivity index (χ2n) is 24.9. The first-order valence-corrected chi connectivity index (χ1v) is 33.0. The molecule has 6 saturated heterocycles. The maximum Gasteiger partial charge on any atom is 0.407 e. The zero-order chi connectivity index (χ0) is 73.8. The van der Waals surface area contributed by atoms with Gasteiger partial charge in [0.05, 0.1) is 52.9 Å². The summed E-state index contributed by atoms with van der Waals surface area (Å²) in [7, 11) is 0. The summed E-state index contributed by atoms with van der Waals surface area (Å²) in [6, 6.07) is 7.67. The summed E-state index contributed by atoms with van der Waals surface area (Å²) in [5.74, 6) is -2.01. The number of aliphatic hydroxyl groups is 20. The van der Waals surface area contributed by atoms with Crippen LogP contribution in [-0.2, 0) is 82.6 Å². The lowest BCUT2D eigenvalue weighted by Crippen LogP contribution is -2.65. The molecule has 0 aromatic heterocycles. The molecule has 6 fully saturated rings. The molecule has 580 valence electrons. The van der Waals surface area contributed by atoms with Crippen LogP contribution in [0.15, 0.2) is 30.3 Å². The van der Waals surface area contributed by atoms with Crippen molar-refractivity contribution in [2.45, 2.75) is 242 Å². The van der Waals surface area contributed by atoms with Gasteiger partial charge in [-0.15, -0.1) is 0 Å². The van der Waals surface area contributed by atoms with E-state index in [0.717, 1.165) is 5.56 Å². The lowest BCUT2D eigenvalue weighted by atomic mass is 9.96. The molecule has 24 N–H and O–H groups in total. The van der Waals surface area contributed by atoms with Gasteiger partial charge in [0.25, 0.3) is 0 Å². The van der Waals surface area contributed by atoms with Crippen LogP contribution in [-0.4, -0.2) is 389 Å². The summed E-state index contributed by atoms with van der Waals surface area (Å²) in [6.45, 7) is -6.28. The van der Waals surface area contributed by atoms with Crippen LogP contribution in [0.5, 0.6) is 0 Å². The average molecular weight is 1470 g/mol. The molecule has 6 aliphatic heterocycles. The summed E-state index contributed by atoms with van der Waals surface area (Å²) in [5.41, 5.74) is 0.784. The van der Waals surface area contributed by atoms with Gasteiger partial charge in [-0.2, -0.15) is 0 Å². The Hall–Kier alpha value is -4.38. The molecule has 7 rings (SSSR count). The van der Waals surface area contributed by atoms with Crippen molar-refractivity contribution < 1.29 is 183 Å². The first kappa shape index (κ1) is 83.9. The molecular formula is C60H98N4O37. The van der Waals surface area contributed by atoms with Gasteiger partial charge >= 0.3 is 6.09 Å². The predicted octanol–water partition coefficient (Wildman–Crippen LogP) is -12.7. The molecule has 1 aromatic rings. The number of amides is 4. The van der Waals surface area contributed by atoms with Crippen molar-refractivity contribution in [1.29, 1.82) is 0 Å². The Morgan fingerprint density at radius 3 is 1.23 bits per heavy atom. The summed E-state index contributed by atoms with van der Waals surface area (Å²) >= 11 is 0. The van der Waals surface area contributed by atoms with E-state index < -0.39 is 273 Å². The van der Waals surface area contributed by atoms with Crippen LogP contribution < -0.4 is 21.3 Å². The van der Waals surface area contributed by atoms with E-state index in [1.165, 1.54) is 0 Å². The van der Waals surface area contributed by atoms with E-state index in [1.807, 2.05) is 6.07 Å². The van der Waals surface area contributed by atoms with Gasteiger partial charge in [0.1, 0.15) is 159 Å². The highest BCUT2D eigenvalue weighted by Crippen LogP contribution is 2.34. The zero-order valence-corrected chi connectivity index (χ0v) is 54.6. The van der Waals surface area contributed by atoms with Crippen LogP contribution in [0.2, 0.25) is 0 Å². The van der Waals surface area contributed by atoms with Crippen LogP contribution in [0.3, 0.4) is 0 Å². The van der Waals surface area contributed by atoms with Crippen LogP contribution in [0, 0.1) is 0 Å². The van der Waals surface area contributed by atoms with Gasteiger partial charge in [-0.1, -0.05) is 36.8 Å². The Morgan fingerprint density at radius 1 is 0.386 bits per heavy atom. The molecule has 6 heterocycles. The van der Waals surface area contributed by atoms with Crippen molar-refractivity contribution in [3.63, 3.8) is 0 Å². The molecule has 31 atom stereocenters. The van der Waals surface area contributed by atoms with Gasteiger partial charge in [0.2, 0.25) is 17.7 Å². The van der Waals surface area contributed by atoms with E-state index in [4.69, 9.17) is 61.6 Å². The van der Waals surface area contributed by atoms with Crippen molar-refractivity contribution in [3.05, 3.63) is 35.9 Å². The Morgan fingerprint density at radius 2 is 0.782 bits per heavy atom. The SMILES string of the molecule is O=C(CCC[C@H](NC(=O)CCCCCNC(=O)OCc1ccccc1)C(=O)NCCO[C@H]1O[C@H](CO[C@H]2O[C@H](CO)[C@@H](O)[C@H](O)[C@@H]2O)[C@@H](O)[C@H](O[C@@H]2O[C@H](CO)[C@@H](O)[C@H](O)[C@@H]2O)[C@@H]1O)NCCO[C@H]1O[C@H](CO[C@H]2O[C@H](CO)[C@@H](O)[C@H](O)[C@@H]2O)[C@@H](O)[C@H](O[C@@H]2O[C@H](CO)[C@@H](O)[C@H](O)[C@@H]2O)[C@@H]1O. The van der Waals surface area contributed by atoms with E-state index in [1.54, 1.807) is 24.3 Å². The normalized spacial score (nSPS) is 39.4. The Labute approximate surface area is 576 Å². The lowest BCUT2D eigenvalue weighted by Gasteiger charge is -2.46. The number of aliphatic hydroxyl groups excluding tert-OH is 20. The highest BCUT2D eigenvalue weighted by atomic mass is 16.8. The molecule has 101 heavy (non-hydrogen) atoms. The molecular weight excluding hydrogens is 1370 g/mol. The van der Waals surface area contributed by atoms with Crippen molar-refractivity contribution in [2.24, 2.45) is 0 Å². The highest BCUT2D eigenvalue weighted by molar-refractivity contribution is 5.87. The van der Waals surface area contributed by atoms with E-state index in [9.17, 15) is 121 Å².